The van der Waals surface area contributed by atoms with Crippen LogP contribution in [0.2, 0.25) is 0 Å². The molecule has 0 aromatic heterocycles. The molecule has 0 atom stereocenters. The van der Waals surface area contributed by atoms with E-state index in [2.05, 4.69) is 22.5 Å². The number of rotatable bonds is 10. The fourth-order valence-electron chi connectivity index (χ4n) is 5.36. The summed E-state index contributed by atoms with van der Waals surface area (Å²) in [6, 6.07) is 17.5. The van der Waals surface area contributed by atoms with Gasteiger partial charge in [-0.1, -0.05) is 49.7 Å². The van der Waals surface area contributed by atoms with Gasteiger partial charge in [-0.05, 0) is 49.4 Å². The van der Waals surface area contributed by atoms with Gasteiger partial charge in [0.2, 0.25) is 5.91 Å². The molecule has 2 aromatic rings. The molecule has 0 saturated carbocycles. The van der Waals surface area contributed by atoms with Crippen LogP contribution in [-0.4, -0.2) is 79.7 Å². The molecule has 2 fully saturated rings. The predicted octanol–water partition coefficient (Wildman–Crippen LogP) is 3.00. The number of nitrogens with zero attached hydrogens (tertiary/aromatic N) is 3. The van der Waals surface area contributed by atoms with E-state index in [1.165, 1.54) is 0 Å². The van der Waals surface area contributed by atoms with Crippen molar-refractivity contribution < 1.29 is 19.1 Å². The van der Waals surface area contributed by atoms with Crippen LogP contribution in [0.15, 0.2) is 54.6 Å². The predicted molar refractivity (Wildman–Crippen MR) is 147 cm³/mol. The van der Waals surface area contributed by atoms with Crippen molar-refractivity contribution in [2.45, 2.75) is 44.6 Å². The van der Waals surface area contributed by atoms with Crippen LogP contribution in [0, 0.1) is 0 Å². The zero-order chi connectivity index (χ0) is 27.0. The number of hydrogen-bond donors (Lipinski definition) is 2. The monoisotopic (exact) mass is 521 g/mol. The van der Waals surface area contributed by atoms with Crippen LogP contribution < -0.4 is 20.3 Å². The number of carbonyl (C=O) groups excluding carboxylic acids is 3. The molecule has 4 rings (SSSR count). The van der Waals surface area contributed by atoms with Crippen LogP contribution in [-0.2, 0) is 16.0 Å². The maximum Gasteiger partial charge on any atom is 0.317 e. The SMILES string of the molecule is CCCCNC(=O)N1CCC2(CC1)C(=O)N(CC(=O)NCCc1ccccc1OC)CN2c1ccccc1. The third kappa shape index (κ3) is 6.03. The molecule has 0 bridgehead atoms. The van der Waals surface area contributed by atoms with Crippen LogP contribution in [0.25, 0.3) is 0 Å². The lowest BCUT2D eigenvalue weighted by molar-refractivity contribution is -0.137. The molecule has 2 aliphatic rings. The fourth-order valence-corrected chi connectivity index (χ4v) is 5.36. The first kappa shape index (κ1) is 27.3. The minimum Gasteiger partial charge on any atom is -0.496 e. The van der Waals surface area contributed by atoms with Crippen LogP contribution in [0.5, 0.6) is 5.75 Å². The smallest absolute Gasteiger partial charge is 0.317 e. The summed E-state index contributed by atoms with van der Waals surface area (Å²) in [6.45, 7) is 4.52. The van der Waals surface area contributed by atoms with Gasteiger partial charge in [0, 0.05) is 31.9 Å². The number of ether oxygens (including phenoxy) is 1. The second kappa shape index (κ2) is 12.7. The van der Waals surface area contributed by atoms with Crippen molar-refractivity contribution in [3.8, 4) is 5.75 Å². The molecule has 38 heavy (non-hydrogen) atoms. The van der Waals surface area contributed by atoms with Gasteiger partial charge >= 0.3 is 6.03 Å². The molecule has 2 aliphatic heterocycles. The number of nitrogens with one attached hydrogen (secondary N) is 2. The number of urea groups is 1. The Morgan fingerprint density at radius 2 is 1.68 bits per heavy atom. The topological polar surface area (TPSA) is 94.2 Å². The average molecular weight is 522 g/mol. The summed E-state index contributed by atoms with van der Waals surface area (Å²) in [5.74, 6) is 0.556. The summed E-state index contributed by atoms with van der Waals surface area (Å²) in [5, 5.41) is 5.93. The van der Waals surface area contributed by atoms with Gasteiger partial charge in [-0.15, -0.1) is 0 Å². The van der Waals surface area contributed by atoms with E-state index >= 15 is 0 Å². The molecule has 2 heterocycles. The van der Waals surface area contributed by atoms with E-state index in [0.29, 0.717) is 52.1 Å². The molecule has 2 aromatic carbocycles. The lowest BCUT2D eigenvalue weighted by Gasteiger charge is -2.43. The van der Waals surface area contributed by atoms with Crippen LogP contribution in [0.3, 0.4) is 0 Å². The highest BCUT2D eigenvalue weighted by atomic mass is 16.5. The Balaban J connectivity index is 1.40. The number of methoxy groups -OCH3 is 1. The summed E-state index contributed by atoms with van der Waals surface area (Å²) in [5.41, 5.74) is 1.20. The molecule has 9 heteroatoms. The number of anilines is 1. The van der Waals surface area contributed by atoms with E-state index in [1.807, 2.05) is 54.6 Å². The number of likely N-dealkylation sites (tertiary alicyclic amines) is 1. The molecule has 0 unspecified atom stereocenters. The molecule has 0 aliphatic carbocycles. The van der Waals surface area contributed by atoms with Gasteiger partial charge in [0.25, 0.3) is 5.91 Å². The van der Waals surface area contributed by atoms with Gasteiger partial charge < -0.3 is 30.1 Å². The highest BCUT2D eigenvalue weighted by Crippen LogP contribution is 2.39. The van der Waals surface area contributed by atoms with Crippen molar-refractivity contribution in [2.75, 3.05) is 51.4 Å². The maximum absolute atomic E-state index is 13.8. The van der Waals surface area contributed by atoms with Crippen LogP contribution in [0.1, 0.15) is 38.2 Å². The first-order chi connectivity index (χ1) is 18.5. The molecule has 1 spiro atoms. The van der Waals surface area contributed by atoms with E-state index in [9.17, 15) is 14.4 Å². The highest BCUT2D eigenvalue weighted by Gasteiger charge is 2.54. The molecule has 204 valence electrons. The van der Waals surface area contributed by atoms with E-state index < -0.39 is 5.54 Å². The summed E-state index contributed by atoms with van der Waals surface area (Å²) >= 11 is 0. The number of benzene rings is 2. The van der Waals surface area contributed by atoms with Crippen molar-refractivity contribution in [3.05, 3.63) is 60.2 Å². The number of hydrogen-bond acceptors (Lipinski definition) is 5. The third-order valence-electron chi connectivity index (χ3n) is 7.51. The van der Waals surface area contributed by atoms with Gasteiger partial charge in [-0.3, -0.25) is 9.59 Å². The summed E-state index contributed by atoms with van der Waals surface area (Å²) < 4.78 is 5.39. The number of piperidine rings is 1. The van der Waals surface area contributed by atoms with Gasteiger partial charge in [-0.2, -0.15) is 0 Å². The number of unbranched alkanes of at least 4 members (excludes halogenated alkanes) is 1. The average Bonchev–Trinajstić information content (AvgIpc) is 3.20. The number of para-hydroxylation sites is 2. The van der Waals surface area contributed by atoms with Gasteiger partial charge in [-0.25, -0.2) is 4.79 Å². The minimum absolute atomic E-state index is 0.00292. The van der Waals surface area contributed by atoms with Gasteiger partial charge in [0.1, 0.15) is 17.8 Å². The Morgan fingerprint density at radius 1 is 0.974 bits per heavy atom. The zero-order valence-electron chi connectivity index (χ0n) is 22.4. The fraction of sp³-hybridized carbons (Fsp3) is 0.483. The Bertz CT molecular complexity index is 1100. The quantitative estimate of drug-likeness (QED) is 0.469. The molecule has 2 N–H and O–H groups in total. The Morgan fingerprint density at radius 3 is 2.39 bits per heavy atom. The Hall–Kier alpha value is -3.75. The zero-order valence-corrected chi connectivity index (χ0v) is 22.4. The highest BCUT2D eigenvalue weighted by molar-refractivity contribution is 5.96. The van der Waals surface area contributed by atoms with Gasteiger partial charge in [0.05, 0.1) is 13.8 Å². The van der Waals surface area contributed by atoms with E-state index in [-0.39, 0.29) is 24.4 Å². The minimum atomic E-state index is -0.765. The van der Waals surface area contributed by atoms with Crippen LogP contribution in [0.4, 0.5) is 10.5 Å². The number of amides is 4. The van der Waals surface area contributed by atoms with Gasteiger partial charge in [0.15, 0.2) is 0 Å². The van der Waals surface area contributed by atoms with Crippen molar-refractivity contribution in [1.29, 1.82) is 0 Å². The molecule has 0 radical (unpaired) electrons. The van der Waals surface area contributed by atoms with E-state index in [4.69, 9.17) is 4.74 Å². The summed E-state index contributed by atoms with van der Waals surface area (Å²) in [6.07, 6.45) is 3.65. The first-order valence-electron chi connectivity index (χ1n) is 13.5. The third-order valence-corrected chi connectivity index (χ3v) is 7.51. The molecule has 2 saturated heterocycles. The second-order valence-corrected chi connectivity index (χ2v) is 9.92. The van der Waals surface area contributed by atoms with Crippen molar-refractivity contribution in [1.82, 2.24) is 20.4 Å². The first-order valence-corrected chi connectivity index (χ1v) is 13.5. The maximum atomic E-state index is 13.8. The molecule has 4 amide bonds. The van der Waals surface area contributed by atoms with Crippen molar-refractivity contribution >= 4 is 23.5 Å². The Labute approximate surface area is 225 Å². The van der Waals surface area contributed by atoms with Crippen molar-refractivity contribution in [2.24, 2.45) is 0 Å². The number of carbonyl (C=O) groups is 3. The Kier molecular flexibility index (Phi) is 9.10. The summed E-state index contributed by atoms with van der Waals surface area (Å²) in [4.78, 5) is 44.9. The second-order valence-electron chi connectivity index (χ2n) is 9.92. The molecule has 9 nitrogen and oxygen atoms in total. The van der Waals surface area contributed by atoms with E-state index in [0.717, 1.165) is 29.8 Å². The largest absolute Gasteiger partial charge is 0.496 e. The van der Waals surface area contributed by atoms with E-state index in [1.54, 1.807) is 16.9 Å². The van der Waals surface area contributed by atoms with Crippen LogP contribution >= 0.6 is 0 Å². The normalized spacial score (nSPS) is 16.6. The summed E-state index contributed by atoms with van der Waals surface area (Å²) in [7, 11) is 1.63. The lowest BCUT2D eigenvalue weighted by Crippen LogP contribution is -2.58. The van der Waals surface area contributed by atoms with Crippen molar-refractivity contribution in [3.63, 3.8) is 0 Å². The molecular weight excluding hydrogens is 482 g/mol. The molecular formula is C29H39N5O4. The lowest BCUT2D eigenvalue weighted by atomic mass is 9.85. The standard InChI is InChI=1S/C29H39N5O4/c1-3-4-17-31-28(37)32-19-15-29(16-20-32)27(36)33(22-34(29)24-11-6-5-7-12-24)21-26(35)30-18-14-23-10-8-9-13-25(23)38-2/h5-13H,3-4,14-22H2,1-2H3,(H,30,35)(H,31,37).